The summed E-state index contributed by atoms with van der Waals surface area (Å²) in [6.07, 6.45) is 1.87. The zero-order valence-corrected chi connectivity index (χ0v) is 18.5. The standard InChI is InChI=1S/C27H21N3O2S/c31-26(29-23-11-10-19-12-13-28-25(19)16-23)17-33-24-7-3-6-22(15-24)30-27(32)21-9-8-18-4-1-2-5-20(18)14-21/h1-16,28H,17H2,(H,29,31)(H,30,32). The number of aromatic nitrogens is 1. The molecule has 0 unspecified atom stereocenters. The summed E-state index contributed by atoms with van der Waals surface area (Å²) < 4.78 is 0. The van der Waals surface area contributed by atoms with Crippen LogP contribution in [0.15, 0.2) is 102 Å². The minimum atomic E-state index is -0.166. The van der Waals surface area contributed by atoms with Gasteiger partial charge < -0.3 is 15.6 Å². The summed E-state index contributed by atoms with van der Waals surface area (Å²) in [5.41, 5.74) is 3.03. The third-order valence-corrected chi connectivity index (χ3v) is 6.31. The van der Waals surface area contributed by atoms with Crippen LogP contribution < -0.4 is 10.6 Å². The van der Waals surface area contributed by atoms with Crippen molar-refractivity contribution in [2.45, 2.75) is 4.90 Å². The topological polar surface area (TPSA) is 74.0 Å². The summed E-state index contributed by atoms with van der Waals surface area (Å²) >= 11 is 1.42. The molecular weight excluding hydrogens is 430 g/mol. The number of carbonyl (C=O) groups is 2. The number of carbonyl (C=O) groups excluding carboxylic acids is 2. The maximum Gasteiger partial charge on any atom is 0.255 e. The van der Waals surface area contributed by atoms with E-state index < -0.39 is 0 Å². The first-order chi connectivity index (χ1) is 16.1. The van der Waals surface area contributed by atoms with E-state index in [1.54, 1.807) is 0 Å². The number of thioether (sulfide) groups is 1. The summed E-state index contributed by atoms with van der Waals surface area (Å²) in [5.74, 6) is 0.0158. The van der Waals surface area contributed by atoms with E-state index in [9.17, 15) is 9.59 Å². The maximum atomic E-state index is 12.7. The van der Waals surface area contributed by atoms with E-state index in [1.807, 2.05) is 97.2 Å². The first-order valence-corrected chi connectivity index (χ1v) is 11.5. The number of anilines is 2. The molecule has 0 aliphatic rings. The van der Waals surface area contributed by atoms with Gasteiger partial charge in [0.05, 0.1) is 5.75 Å². The molecule has 0 atom stereocenters. The molecule has 1 aromatic heterocycles. The van der Waals surface area contributed by atoms with Crippen molar-refractivity contribution in [3.63, 3.8) is 0 Å². The molecule has 0 saturated carbocycles. The molecule has 6 heteroatoms. The SMILES string of the molecule is O=C(CSc1cccc(NC(=O)c2ccc3ccccc3c2)c1)Nc1ccc2cc[nH]c2c1. The Morgan fingerprint density at radius 3 is 2.45 bits per heavy atom. The minimum absolute atomic E-state index is 0.0866. The molecule has 0 bridgehead atoms. The lowest BCUT2D eigenvalue weighted by Crippen LogP contribution is -2.14. The lowest BCUT2D eigenvalue weighted by Gasteiger charge is -2.09. The van der Waals surface area contributed by atoms with Gasteiger partial charge in [-0.25, -0.2) is 0 Å². The van der Waals surface area contributed by atoms with E-state index in [1.165, 1.54) is 11.8 Å². The molecule has 4 aromatic carbocycles. The van der Waals surface area contributed by atoms with Crippen molar-refractivity contribution in [2.75, 3.05) is 16.4 Å². The van der Waals surface area contributed by atoms with Crippen LogP contribution in [-0.4, -0.2) is 22.6 Å². The van der Waals surface area contributed by atoms with Gasteiger partial charge in [-0.1, -0.05) is 42.5 Å². The molecule has 2 amide bonds. The highest BCUT2D eigenvalue weighted by Crippen LogP contribution is 2.24. The Labute approximate surface area is 195 Å². The summed E-state index contributed by atoms with van der Waals surface area (Å²) in [5, 5.41) is 9.10. The van der Waals surface area contributed by atoms with Crippen LogP contribution in [0, 0.1) is 0 Å². The van der Waals surface area contributed by atoms with E-state index in [4.69, 9.17) is 0 Å². The third kappa shape index (κ3) is 4.91. The van der Waals surface area contributed by atoms with E-state index >= 15 is 0 Å². The predicted molar refractivity (Wildman–Crippen MR) is 136 cm³/mol. The summed E-state index contributed by atoms with van der Waals surface area (Å²) in [6, 6.07) is 28.9. The van der Waals surface area contributed by atoms with Crippen molar-refractivity contribution in [3.8, 4) is 0 Å². The molecule has 0 aliphatic heterocycles. The van der Waals surface area contributed by atoms with E-state index in [0.29, 0.717) is 11.3 Å². The molecule has 162 valence electrons. The second-order valence-corrected chi connectivity index (χ2v) is 8.71. The van der Waals surface area contributed by atoms with Crippen LogP contribution in [0.2, 0.25) is 0 Å². The van der Waals surface area contributed by atoms with Crippen LogP contribution in [0.25, 0.3) is 21.7 Å². The van der Waals surface area contributed by atoms with Crippen LogP contribution in [-0.2, 0) is 4.79 Å². The lowest BCUT2D eigenvalue weighted by molar-refractivity contribution is -0.113. The molecule has 5 rings (SSSR count). The van der Waals surface area contributed by atoms with E-state index in [0.717, 1.165) is 32.3 Å². The number of hydrogen-bond acceptors (Lipinski definition) is 3. The number of nitrogens with one attached hydrogen (secondary N) is 3. The molecule has 5 nitrogen and oxygen atoms in total. The number of amides is 2. The van der Waals surface area contributed by atoms with Gasteiger partial charge in [0.25, 0.3) is 5.91 Å². The number of aromatic amines is 1. The number of H-pyrrole nitrogens is 1. The fraction of sp³-hybridized carbons (Fsp3) is 0.0370. The van der Waals surface area contributed by atoms with Crippen LogP contribution in [0.1, 0.15) is 10.4 Å². The van der Waals surface area contributed by atoms with Crippen molar-refractivity contribution < 1.29 is 9.59 Å². The van der Waals surface area contributed by atoms with Crippen molar-refractivity contribution in [1.82, 2.24) is 4.98 Å². The quantitative estimate of drug-likeness (QED) is 0.265. The van der Waals surface area contributed by atoms with Crippen LogP contribution >= 0.6 is 11.8 Å². The summed E-state index contributed by atoms with van der Waals surface area (Å²) in [4.78, 5) is 29.2. The minimum Gasteiger partial charge on any atom is -0.361 e. The molecule has 33 heavy (non-hydrogen) atoms. The summed E-state index contributed by atoms with van der Waals surface area (Å²) in [6.45, 7) is 0. The molecule has 3 N–H and O–H groups in total. The first-order valence-electron chi connectivity index (χ1n) is 10.5. The monoisotopic (exact) mass is 451 g/mol. The van der Waals surface area contributed by atoms with Gasteiger partial charge in [0.2, 0.25) is 5.91 Å². The second-order valence-electron chi connectivity index (χ2n) is 7.66. The predicted octanol–water partition coefficient (Wildman–Crippen LogP) is 6.30. The Kier molecular flexibility index (Phi) is 5.83. The average molecular weight is 452 g/mol. The van der Waals surface area contributed by atoms with E-state index in [-0.39, 0.29) is 17.6 Å². The lowest BCUT2D eigenvalue weighted by atomic mass is 10.1. The molecule has 0 fully saturated rings. The molecule has 0 saturated heterocycles. The van der Waals surface area contributed by atoms with Gasteiger partial charge in [0.1, 0.15) is 0 Å². The highest BCUT2D eigenvalue weighted by Gasteiger charge is 2.09. The van der Waals surface area contributed by atoms with Gasteiger partial charge >= 0.3 is 0 Å². The van der Waals surface area contributed by atoms with Gasteiger partial charge in [-0.05, 0) is 64.7 Å². The molecule has 0 radical (unpaired) electrons. The second kappa shape index (κ2) is 9.22. The normalized spacial score (nSPS) is 10.9. The van der Waals surface area contributed by atoms with Crippen LogP contribution in [0.4, 0.5) is 11.4 Å². The third-order valence-electron chi connectivity index (χ3n) is 5.31. The van der Waals surface area contributed by atoms with E-state index in [2.05, 4.69) is 15.6 Å². The fourth-order valence-electron chi connectivity index (χ4n) is 3.67. The van der Waals surface area contributed by atoms with Gasteiger partial charge in [-0.2, -0.15) is 0 Å². The molecule has 5 aromatic rings. The van der Waals surface area contributed by atoms with Crippen molar-refractivity contribution >= 4 is 56.6 Å². The zero-order chi connectivity index (χ0) is 22.6. The van der Waals surface area contributed by atoms with Crippen LogP contribution in [0.3, 0.4) is 0 Å². The smallest absolute Gasteiger partial charge is 0.255 e. The molecule has 1 heterocycles. The van der Waals surface area contributed by atoms with Gasteiger partial charge in [0, 0.05) is 33.5 Å². The molecule has 0 spiro atoms. The molecular formula is C27H21N3O2S. The molecule has 0 aliphatic carbocycles. The largest absolute Gasteiger partial charge is 0.361 e. The Morgan fingerprint density at radius 2 is 1.55 bits per heavy atom. The highest BCUT2D eigenvalue weighted by atomic mass is 32.2. The Hall–Kier alpha value is -4.03. The van der Waals surface area contributed by atoms with Crippen molar-refractivity contribution in [2.24, 2.45) is 0 Å². The average Bonchev–Trinajstić information content (AvgIpc) is 3.31. The number of rotatable bonds is 6. The fourth-order valence-corrected chi connectivity index (χ4v) is 4.42. The Balaban J connectivity index is 1.20. The number of benzene rings is 4. The first kappa shape index (κ1) is 20.8. The van der Waals surface area contributed by atoms with Gasteiger partial charge in [-0.15, -0.1) is 11.8 Å². The Bertz CT molecular complexity index is 1470. The number of fused-ring (bicyclic) bond motifs is 2. The maximum absolute atomic E-state index is 12.7. The summed E-state index contributed by atoms with van der Waals surface area (Å²) in [7, 11) is 0. The van der Waals surface area contributed by atoms with Gasteiger partial charge in [0.15, 0.2) is 0 Å². The Morgan fingerprint density at radius 1 is 0.727 bits per heavy atom. The van der Waals surface area contributed by atoms with Crippen molar-refractivity contribution in [3.05, 3.63) is 103 Å². The van der Waals surface area contributed by atoms with Crippen molar-refractivity contribution in [1.29, 1.82) is 0 Å². The highest BCUT2D eigenvalue weighted by molar-refractivity contribution is 8.00. The van der Waals surface area contributed by atoms with Crippen LogP contribution in [0.5, 0.6) is 0 Å². The zero-order valence-electron chi connectivity index (χ0n) is 17.7. The van der Waals surface area contributed by atoms with Gasteiger partial charge in [-0.3, -0.25) is 9.59 Å². The number of hydrogen-bond donors (Lipinski definition) is 3.